The van der Waals surface area contributed by atoms with Gasteiger partial charge in [0.1, 0.15) is 0 Å². The molecule has 0 aliphatic heterocycles. The number of carbonyl (C=O) groups excluding carboxylic acids is 1. The van der Waals surface area contributed by atoms with E-state index in [9.17, 15) is 13.2 Å². The minimum absolute atomic E-state index is 0.0791. The molecule has 1 N–H and O–H groups in total. The van der Waals surface area contributed by atoms with Gasteiger partial charge in [0.2, 0.25) is 15.9 Å². The average molecular weight is 449 g/mol. The number of sulfonamides is 1. The predicted molar refractivity (Wildman–Crippen MR) is 123 cm³/mol. The molecule has 1 aliphatic rings. The molecule has 0 saturated heterocycles. The van der Waals surface area contributed by atoms with E-state index in [0.717, 1.165) is 18.4 Å². The zero-order chi connectivity index (χ0) is 21.9. The number of hydrogen-bond donors (Lipinski definition) is 1. The van der Waals surface area contributed by atoms with Crippen molar-refractivity contribution in [2.75, 3.05) is 17.1 Å². The van der Waals surface area contributed by atoms with Crippen LogP contribution in [0.15, 0.2) is 36.4 Å². The van der Waals surface area contributed by atoms with Crippen molar-refractivity contribution in [2.24, 2.45) is 0 Å². The van der Waals surface area contributed by atoms with Gasteiger partial charge in [-0.2, -0.15) is 0 Å². The lowest BCUT2D eigenvalue weighted by molar-refractivity contribution is -0.121. The Bertz CT molecular complexity index is 1040. The molecule has 0 bridgehead atoms. The van der Waals surface area contributed by atoms with Gasteiger partial charge in [0.15, 0.2) is 0 Å². The zero-order valence-electron chi connectivity index (χ0n) is 17.7. The van der Waals surface area contributed by atoms with E-state index in [1.54, 1.807) is 25.1 Å². The number of benzene rings is 2. The van der Waals surface area contributed by atoms with E-state index in [1.807, 2.05) is 6.92 Å². The van der Waals surface area contributed by atoms with E-state index in [4.69, 9.17) is 11.6 Å². The second-order valence-electron chi connectivity index (χ2n) is 7.99. The first-order valence-electron chi connectivity index (χ1n) is 10.3. The number of anilines is 1. The highest BCUT2D eigenvalue weighted by molar-refractivity contribution is 7.92. The van der Waals surface area contributed by atoms with E-state index in [2.05, 4.69) is 23.5 Å². The Balaban J connectivity index is 1.58. The fourth-order valence-electron chi connectivity index (χ4n) is 3.97. The highest BCUT2D eigenvalue weighted by atomic mass is 35.5. The first kappa shape index (κ1) is 22.6. The largest absolute Gasteiger partial charge is 0.350 e. The SMILES string of the molecule is Cc1c(Cl)cccc1N(CCCC(=O)NC(C)c1ccc2c(c1)CCC2)S(C)(=O)=O. The summed E-state index contributed by atoms with van der Waals surface area (Å²) >= 11 is 6.16. The number of amides is 1. The Morgan fingerprint density at radius 1 is 1.20 bits per heavy atom. The molecule has 0 saturated carbocycles. The highest BCUT2D eigenvalue weighted by Gasteiger charge is 2.21. The second-order valence-corrected chi connectivity index (χ2v) is 10.3. The van der Waals surface area contributed by atoms with E-state index in [0.29, 0.717) is 22.7 Å². The van der Waals surface area contributed by atoms with Gasteiger partial charge >= 0.3 is 0 Å². The normalized spacial score (nSPS) is 14.3. The summed E-state index contributed by atoms with van der Waals surface area (Å²) in [6.07, 6.45) is 5.28. The third-order valence-corrected chi connectivity index (χ3v) is 7.26. The van der Waals surface area contributed by atoms with Gasteiger partial charge in [-0.05, 0) is 73.9 Å². The van der Waals surface area contributed by atoms with E-state index in [1.165, 1.54) is 28.1 Å². The van der Waals surface area contributed by atoms with Crippen molar-refractivity contribution in [2.45, 2.75) is 52.0 Å². The van der Waals surface area contributed by atoms with Gasteiger partial charge in [-0.3, -0.25) is 9.10 Å². The highest BCUT2D eigenvalue weighted by Crippen LogP contribution is 2.29. The van der Waals surface area contributed by atoms with E-state index >= 15 is 0 Å². The molecule has 1 unspecified atom stereocenters. The topological polar surface area (TPSA) is 66.5 Å². The van der Waals surface area contributed by atoms with Crippen LogP contribution in [0.2, 0.25) is 5.02 Å². The fourth-order valence-corrected chi connectivity index (χ4v) is 5.16. The average Bonchev–Trinajstić information content (AvgIpc) is 3.14. The van der Waals surface area contributed by atoms with Crippen LogP contribution in [-0.2, 0) is 27.7 Å². The molecule has 3 rings (SSSR count). The molecule has 0 spiro atoms. The molecule has 1 aliphatic carbocycles. The molecular formula is C23H29ClN2O3S. The number of carbonyl (C=O) groups is 1. The second kappa shape index (κ2) is 9.40. The van der Waals surface area contributed by atoms with Crippen LogP contribution in [0, 0.1) is 6.92 Å². The van der Waals surface area contributed by atoms with Crippen molar-refractivity contribution in [3.05, 3.63) is 63.7 Å². The van der Waals surface area contributed by atoms with Crippen LogP contribution in [0.25, 0.3) is 0 Å². The molecule has 5 nitrogen and oxygen atoms in total. The van der Waals surface area contributed by atoms with Crippen LogP contribution >= 0.6 is 11.6 Å². The Morgan fingerprint density at radius 2 is 1.93 bits per heavy atom. The van der Waals surface area contributed by atoms with Gasteiger partial charge < -0.3 is 5.32 Å². The first-order valence-corrected chi connectivity index (χ1v) is 12.5. The summed E-state index contributed by atoms with van der Waals surface area (Å²) in [7, 11) is -3.48. The summed E-state index contributed by atoms with van der Waals surface area (Å²) in [6.45, 7) is 3.99. The van der Waals surface area contributed by atoms with Crippen molar-refractivity contribution in [3.8, 4) is 0 Å². The number of nitrogens with zero attached hydrogens (tertiary/aromatic N) is 1. The Hall–Kier alpha value is -2.05. The molecule has 162 valence electrons. The van der Waals surface area contributed by atoms with Crippen molar-refractivity contribution < 1.29 is 13.2 Å². The fraction of sp³-hybridized carbons (Fsp3) is 0.435. The molecular weight excluding hydrogens is 420 g/mol. The summed E-state index contributed by atoms with van der Waals surface area (Å²) in [5, 5.41) is 3.55. The minimum Gasteiger partial charge on any atom is -0.350 e. The van der Waals surface area contributed by atoms with Gasteiger partial charge in [-0.25, -0.2) is 8.42 Å². The van der Waals surface area contributed by atoms with Crippen LogP contribution in [0.3, 0.4) is 0 Å². The standard InChI is InChI=1S/C23H29ClN2O3S/c1-16-21(24)9-5-10-22(16)26(30(3,28)29)14-6-11-23(27)25-17(2)19-13-12-18-7-4-8-20(18)15-19/h5,9-10,12-13,15,17H,4,6-8,11,14H2,1-3H3,(H,25,27). The van der Waals surface area contributed by atoms with Crippen molar-refractivity contribution in [3.63, 3.8) is 0 Å². The minimum atomic E-state index is -3.48. The maximum atomic E-state index is 12.4. The van der Waals surface area contributed by atoms with Gasteiger partial charge in [-0.15, -0.1) is 0 Å². The lowest BCUT2D eigenvalue weighted by atomic mass is 10.0. The monoisotopic (exact) mass is 448 g/mol. The van der Waals surface area contributed by atoms with Gasteiger partial charge in [0.05, 0.1) is 18.0 Å². The summed E-state index contributed by atoms with van der Waals surface area (Å²) < 4.78 is 25.9. The Morgan fingerprint density at radius 3 is 2.67 bits per heavy atom. The van der Waals surface area contributed by atoms with Crippen molar-refractivity contribution in [1.82, 2.24) is 5.32 Å². The van der Waals surface area contributed by atoms with Crippen LogP contribution < -0.4 is 9.62 Å². The molecule has 0 heterocycles. The molecule has 7 heteroatoms. The zero-order valence-corrected chi connectivity index (χ0v) is 19.3. The lowest BCUT2D eigenvalue weighted by Crippen LogP contribution is -2.33. The molecule has 0 radical (unpaired) electrons. The maximum absolute atomic E-state index is 12.4. The lowest BCUT2D eigenvalue weighted by Gasteiger charge is -2.24. The van der Waals surface area contributed by atoms with Gasteiger partial charge in [0, 0.05) is 18.0 Å². The summed E-state index contributed by atoms with van der Waals surface area (Å²) in [4.78, 5) is 12.4. The molecule has 1 amide bonds. The number of aryl methyl sites for hydroxylation is 2. The van der Waals surface area contributed by atoms with Crippen LogP contribution in [-0.4, -0.2) is 27.1 Å². The quantitative estimate of drug-likeness (QED) is 0.643. The maximum Gasteiger partial charge on any atom is 0.232 e. The van der Waals surface area contributed by atoms with Gasteiger partial charge in [-0.1, -0.05) is 35.9 Å². The van der Waals surface area contributed by atoms with Crippen LogP contribution in [0.4, 0.5) is 5.69 Å². The summed E-state index contributed by atoms with van der Waals surface area (Å²) in [5.74, 6) is -0.0840. The van der Waals surface area contributed by atoms with Gasteiger partial charge in [0.25, 0.3) is 0 Å². The van der Waals surface area contributed by atoms with E-state index < -0.39 is 10.0 Å². The number of hydrogen-bond acceptors (Lipinski definition) is 3. The summed E-state index contributed by atoms with van der Waals surface area (Å²) in [5.41, 5.74) is 5.16. The Labute approximate surface area is 184 Å². The first-order chi connectivity index (χ1) is 14.2. The number of fused-ring (bicyclic) bond motifs is 1. The third kappa shape index (κ3) is 5.35. The van der Waals surface area contributed by atoms with Crippen molar-refractivity contribution >= 4 is 33.2 Å². The summed E-state index contributed by atoms with van der Waals surface area (Å²) in [6, 6.07) is 11.6. The van der Waals surface area contributed by atoms with E-state index in [-0.39, 0.29) is 24.9 Å². The molecule has 0 aromatic heterocycles. The predicted octanol–water partition coefficient (Wildman–Crippen LogP) is 4.56. The smallest absolute Gasteiger partial charge is 0.232 e. The molecule has 0 fully saturated rings. The molecule has 2 aromatic rings. The number of nitrogens with one attached hydrogen (secondary N) is 1. The van der Waals surface area contributed by atoms with Crippen LogP contribution in [0.5, 0.6) is 0 Å². The molecule has 30 heavy (non-hydrogen) atoms. The Kier molecular flexibility index (Phi) is 7.09. The third-order valence-electron chi connectivity index (χ3n) is 5.67. The molecule has 1 atom stereocenters. The number of rotatable bonds is 8. The molecule has 2 aromatic carbocycles. The number of halogens is 1. The van der Waals surface area contributed by atoms with Crippen LogP contribution in [0.1, 0.15) is 54.5 Å². The van der Waals surface area contributed by atoms with Crippen molar-refractivity contribution in [1.29, 1.82) is 0 Å².